The first-order valence-electron chi connectivity index (χ1n) is 10.8. The molecule has 0 radical (unpaired) electrons. The second kappa shape index (κ2) is 10.2. The lowest BCUT2D eigenvalue weighted by atomic mass is 9.83. The van der Waals surface area contributed by atoms with E-state index in [0.717, 1.165) is 12.0 Å². The van der Waals surface area contributed by atoms with Crippen LogP contribution >= 0.6 is 11.6 Å². The van der Waals surface area contributed by atoms with Crippen molar-refractivity contribution in [3.8, 4) is 0 Å². The summed E-state index contributed by atoms with van der Waals surface area (Å²) in [5.41, 5.74) is 1.33. The standard InChI is InChI=1S/C24H29ClN2O5S/c1-24(2)13-14-26-23(30)21(15-24)27(33(31,32)20-10-8-19(25)9-11-20)16-18-5-3-17(4-6-18)7-12-22(28)29/h3-6,8-11,21H,7,12-16H2,1-2H3,(H,26,30)(H,28,29)/t21-/m1/s1. The van der Waals surface area contributed by atoms with E-state index in [1.807, 2.05) is 13.8 Å². The van der Waals surface area contributed by atoms with Crippen molar-refractivity contribution in [2.75, 3.05) is 6.54 Å². The number of aliphatic carboxylic acids is 1. The predicted octanol–water partition coefficient (Wildman–Crippen LogP) is 3.85. The Labute approximate surface area is 199 Å². The molecule has 0 spiro atoms. The van der Waals surface area contributed by atoms with Crippen LogP contribution in [0.1, 0.15) is 44.2 Å². The highest BCUT2D eigenvalue weighted by atomic mass is 35.5. The monoisotopic (exact) mass is 492 g/mol. The summed E-state index contributed by atoms with van der Waals surface area (Å²) in [5, 5.41) is 12.2. The number of carbonyl (C=O) groups excluding carboxylic acids is 1. The predicted molar refractivity (Wildman–Crippen MR) is 126 cm³/mol. The molecule has 33 heavy (non-hydrogen) atoms. The van der Waals surface area contributed by atoms with Gasteiger partial charge in [-0.05, 0) is 60.1 Å². The zero-order valence-electron chi connectivity index (χ0n) is 18.8. The second-order valence-corrected chi connectivity index (χ2v) is 11.5. The fraction of sp³-hybridized carbons (Fsp3) is 0.417. The number of aryl methyl sites for hydroxylation is 1. The van der Waals surface area contributed by atoms with Gasteiger partial charge in [0.2, 0.25) is 15.9 Å². The molecule has 0 unspecified atom stereocenters. The Morgan fingerprint density at radius 2 is 1.73 bits per heavy atom. The molecule has 1 amide bonds. The van der Waals surface area contributed by atoms with Crippen LogP contribution in [0.5, 0.6) is 0 Å². The van der Waals surface area contributed by atoms with Gasteiger partial charge in [-0.2, -0.15) is 4.31 Å². The third kappa shape index (κ3) is 6.56. The Balaban J connectivity index is 1.97. The van der Waals surface area contributed by atoms with Crippen molar-refractivity contribution in [2.24, 2.45) is 5.41 Å². The molecule has 0 aliphatic carbocycles. The molecule has 1 aliphatic heterocycles. The number of halogens is 1. The Bertz CT molecular complexity index is 1100. The number of nitrogens with one attached hydrogen (secondary N) is 1. The summed E-state index contributed by atoms with van der Waals surface area (Å²) >= 11 is 5.95. The molecule has 0 aromatic heterocycles. The van der Waals surface area contributed by atoms with Gasteiger partial charge in [-0.1, -0.05) is 49.7 Å². The van der Waals surface area contributed by atoms with Crippen LogP contribution in [0.25, 0.3) is 0 Å². The Morgan fingerprint density at radius 3 is 2.33 bits per heavy atom. The largest absolute Gasteiger partial charge is 0.481 e. The van der Waals surface area contributed by atoms with Gasteiger partial charge in [0.25, 0.3) is 0 Å². The minimum absolute atomic E-state index is 0.0122. The number of sulfonamides is 1. The highest BCUT2D eigenvalue weighted by Gasteiger charge is 2.40. The van der Waals surface area contributed by atoms with Crippen LogP contribution in [0.3, 0.4) is 0 Å². The van der Waals surface area contributed by atoms with Crippen molar-refractivity contribution >= 4 is 33.5 Å². The van der Waals surface area contributed by atoms with Gasteiger partial charge < -0.3 is 10.4 Å². The molecule has 1 fully saturated rings. The molecule has 1 heterocycles. The molecule has 7 nitrogen and oxygen atoms in total. The van der Waals surface area contributed by atoms with Crippen LogP contribution < -0.4 is 5.32 Å². The number of amides is 1. The molecule has 2 aromatic carbocycles. The van der Waals surface area contributed by atoms with E-state index in [2.05, 4.69) is 5.32 Å². The summed E-state index contributed by atoms with van der Waals surface area (Å²) in [6.45, 7) is 4.57. The smallest absolute Gasteiger partial charge is 0.303 e. The van der Waals surface area contributed by atoms with E-state index in [1.54, 1.807) is 24.3 Å². The molecule has 2 N–H and O–H groups in total. The molecule has 1 aliphatic rings. The maximum absolute atomic E-state index is 13.7. The first-order chi connectivity index (χ1) is 15.5. The van der Waals surface area contributed by atoms with E-state index >= 15 is 0 Å². The number of benzene rings is 2. The third-order valence-electron chi connectivity index (χ3n) is 5.91. The zero-order chi connectivity index (χ0) is 24.2. The van der Waals surface area contributed by atoms with Gasteiger partial charge >= 0.3 is 5.97 Å². The van der Waals surface area contributed by atoms with Crippen LogP contribution in [-0.4, -0.2) is 42.3 Å². The van der Waals surface area contributed by atoms with E-state index in [9.17, 15) is 18.0 Å². The number of rotatable bonds is 8. The number of hydrogen-bond acceptors (Lipinski definition) is 4. The summed E-state index contributed by atoms with van der Waals surface area (Å²) in [7, 11) is -4.01. The van der Waals surface area contributed by atoms with Crippen molar-refractivity contribution in [1.82, 2.24) is 9.62 Å². The lowest BCUT2D eigenvalue weighted by Gasteiger charge is -2.33. The van der Waals surface area contributed by atoms with Gasteiger partial charge in [-0.25, -0.2) is 8.42 Å². The highest BCUT2D eigenvalue weighted by Crippen LogP contribution is 2.33. The van der Waals surface area contributed by atoms with Crippen molar-refractivity contribution in [1.29, 1.82) is 0 Å². The SMILES string of the molecule is CC1(C)CCNC(=O)[C@H](N(Cc2ccc(CCC(=O)O)cc2)S(=O)(=O)c2ccc(Cl)cc2)C1. The summed E-state index contributed by atoms with van der Waals surface area (Å²) in [4.78, 5) is 23.9. The lowest BCUT2D eigenvalue weighted by Crippen LogP contribution is -2.49. The Kier molecular flexibility index (Phi) is 7.82. The molecule has 1 saturated heterocycles. The molecule has 9 heteroatoms. The molecule has 1 atom stereocenters. The number of carbonyl (C=O) groups is 2. The van der Waals surface area contributed by atoms with Crippen molar-refractivity contribution in [2.45, 2.75) is 57.0 Å². The van der Waals surface area contributed by atoms with Gasteiger partial charge in [0.05, 0.1) is 4.90 Å². The van der Waals surface area contributed by atoms with Gasteiger partial charge in [-0.3, -0.25) is 9.59 Å². The average molecular weight is 493 g/mol. The molecule has 2 aromatic rings. The van der Waals surface area contributed by atoms with Gasteiger partial charge in [0.1, 0.15) is 6.04 Å². The molecular formula is C24H29ClN2O5S. The fourth-order valence-electron chi connectivity index (χ4n) is 3.94. The highest BCUT2D eigenvalue weighted by molar-refractivity contribution is 7.89. The van der Waals surface area contributed by atoms with Crippen molar-refractivity contribution in [3.63, 3.8) is 0 Å². The number of carboxylic acid groups (broad SMARTS) is 1. The van der Waals surface area contributed by atoms with E-state index in [1.165, 1.54) is 28.6 Å². The maximum atomic E-state index is 13.7. The van der Waals surface area contributed by atoms with Crippen LogP contribution in [0.4, 0.5) is 0 Å². The number of nitrogens with zero attached hydrogens (tertiary/aromatic N) is 1. The van der Waals surface area contributed by atoms with E-state index in [0.29, 0.717) is 30.0 Å². The van der Waals surface area contributed by atoms with Gasteiger partial charge in [-0.15, -0.1) is 0 Å². The zero-order valence-corrected chi connectivity index (χ0v) is 20.3. The topological polar surface area (TPSA) is 104 Å². The first-order valence-corrected chi connectivity index (χ1v) is 12.6. The van der Waals surface area contributed by atoms with E-state index in [-0.39, 0.29) is 29.2 Å². The summed E-state index contributed by atoms with van der Waals surface area (Å²) in [6, 6.07) is 12.2. The van der Waals surface area contributed by atoms with E-state index in [4.69, 9.17) is 16.7 Å². The van der Waals surface area contributed by atoms with Crippen molar-refractivity contribution < 1.29 is 23.1 Å². The molecule has 0 saturated carbocycles. The Hall–Kier alpha value is -2.42. The minimum Gasteiger partial charge on any atom is -0.481 e. The van der Waals surface area contributed by atoms with E-state index < -0.39 is 22.0 Å². The second-order valence-electron chi connectivity index (χ2n) is 9.14. The minimum atomic E-state index is -4.01. The molecule has 3 rings (SSSR count). The quantitative estimate of drug-likeness (QED) is 0.582. The third-order valence-corrected chi connectivity index (χ3v) is 8.03. The summed E-state index contributed by atoms with van der Waals surface area (Å²) in [5.74, 6) is -1.18. The number of carboxylic acids is 1. The van der Waals surface area contributed by atoms with Gasteiger partial charge in [0.15, 0.2) is 0 Å². The summed E-state index contributed by atoms with van der Waals surface area (Å²) in [6.07, 6.45) is 1.56. The van der Waals surface area contributed by atoms with Gasteiger partial charge in [0, 0.05) is 24.5 Å². The maximum Gasteiger partial charge on any atom is 0.303 e. The van der Waals surface area contributed by atoms with Crippen LogP contribution in [0.15, 0.2) is 53.4 Å². The van der Waals surface area contributed by atoms with Crippen LogP contribution in [-0.2, 0) is 32.6 Å². The average Bonchev–Trinajstić information content (AvgIpc) is 2.88. The fourth-order valence-corrected chi connectivity index (χ4v) is 5.64. The molecule has 0 bridgehead atoms. The van der Waals surface area contributed by atoms with Crippen molar-refractivity contribution in [3.05, 3.63) is 64.7 Å². The summed E-state index contributed by atoms with van der Waals surface area (Å²) < 4.78 is 28.7. The normalized spacial score (nSPS) is 18.5. The molecule has 178 valence electrons. The van der Waals surface area contributed by atoms with Crippen LogP contribution in [0.2, 0.25) is 5.02 Å². The van der Waals surface area contributed by atoms with Crippen LogP contribution in [0, 0.1) is 5.41 Å². The molecular weight excluding hydrogens is 464 g/mol. The number of hydrogen-bond donors (Lipinski definition) is 2. The lowest BCUT2D eigenvalue weighted by molar-refractivity contribution is -0.137. The first kappa shape index (κ1) is 25.2. The Morgan fingerprint density at radius 1 is 1.12 bits per heavy atom.